The van der Waals surface area contributed by atoms with E-state index in [0.717, 1.165) is 13.1 Å². The van der Waals surface area contributed by atoms with Gasteiger partial charge >= 0.3 is 0 Å². The molecule has 1 aliphatic rings. The summed E-state index contributed by atoms with van der Waals surface area (Å²) < 4.78 is 10.9. The van der Waals surface area contributed by atoms with Crippen LogP contribution in [0.3, 0.4) is 0 Å². The number of fused-ring (bicyclic) bond motifs is 1. The summed E-state index contributed by atoms with van der Waals surface area (Å²) in [5.74, 6) is 0.304. The zero-order valence-corrected chi connectivity index (χ0v) is 17.7. The molecular formula is C24H25ClN2O3. The number of nitrogens with one attached hydrogen (secondary N) is 1. The molecule has 1 heterocycles. The molecule has 1 N–H and O–H groups in total. The number of carbonyl (C=O) groups is 1. The van der Waals surface area contributed by atoms with Crippen LogP contribution in [0.25, 0.3) is 10.8 Å². The van der Waals surface area contributed by atoms with Crippen molar-refractivity contribution in [3.63, 3.8) is 0 Å². The Kier molecular flexibility index (Phi) is 6.53. The van der Waals surface area contributed by atoms with Gasteiger partial charge in [-0.1, -0.05) is 54.1 Å². The molecule has 0 saturated carbocycles. The molecule has 4 rings (SSSR count). The third-order valence-corrected chi connectivity index (χ3v) is 5.77. The fourth-order valence-electron chi connectivity index (χ4n) is 4.01. The van der Waals surface area contributed by atoms with Crippen molar-refractivity contribution >= 4 is 28.3 Å². The van der Waals surface area contributed by atoms with Crippen molar-refractivity contribution in [3.8, 4) is 5.75 Å². The van der Waals surface area contributed by atoms with Crippen molar-refractivity contribution < 1.29 is 14.3 Å². The highest BCUT2D eigenvalue weighted by Crippen LogP contribution is 2.29. The van der Waals surface area contributed by atoms with Crippen LogP contribution in [0, 0.1) is 0 Å². The quantitative estimate of drug-likeness (QED) is 0.640. The van der Waals surface area contributed by atoms with E-state index in [-0.39, 0.29) is 11.9 Å². The zero-order chi connectivity index (χ0) is 20.9. The first-order valence-electron chi connectivity index (χ1n) is 10.1. The number of carbonyl (C=O) groups excluding carboxylic acids is 1. The van der Waals surface area contributed by atoms with Gasteiger partial charge in [0.25, 0.3) is 5.91 Å². The van der Waals surface area contributed by atoms with Crippen LogP contribution in [-0.2, 0) is 4.74 Å². The van der Waals surface area contributed by atoms with Gasteiger partial charge in [-0.15, -0.1) is 0 Å². The summed E-state index contributed by atoms with van der Waals surface area (Å²) in [4.78, 5) is 15.3. The van der Waals surface area contributed by atoms with Crippen LogP contribution < -0.4 is 10.1 Å². The average Bonchev–Trinajstić information content (AvgIpc) is 2.80. The lowest BCUT2D eigenvalue weighted by Crippen LogP contribution is -2.44. The number of hydrogen-bond acceptors (Lipinski definition) is 4. The van der Waals surface area contributed by atoms with Gasteiger partial charge in [-0.05, 0) is 34.5 Å². The van der Waals surface area contributed by atoms with Crippen LogP contribution in [-0.4, -0.2) is 50.8 Å². The van der Waals surface area contributed by atoms with E-state index in [1.54, 1.807) is 25.3 Å². The minimum absolute atomic E-state index is 0.0362. The Bertz CT molecular complexity index is 1030. The first-order valence-corrected chi connectivity index (χ1v) is 10.5. The summed E-state index contributed by atoms with van der Waals surface area (Å²) in [6.45, 7) is 3.51. The summed E-state index contributed by atoms with van der Waals surface area (Å²) in [6.07, 6.45) is 0. The highest BCUT2D eigenvalue weighted by molar-refractivity contribution is 6.31. The molecule has 3 aromatic rings. The Morgan fingerprint density at radius 1 is 1.13 bits per heavy atom. The lowest BCUT2D eigenvalue weighted by Gasteiger charge is -2.35. The SMILES string of the molecule is COc1ccc(Cl)cc1C(=O)NC[C@H](c1cccc2ccccc12)N1CCOCC1. The number of halogens is 1. The van der Waals surface area contributed by atoms with Crippen molar-refractivity contribution in [1.29, 1.82) is 0 Å². The minimum Gasteiger partial charge on any atom is -0.496 e. The Hall–Kier alpha value is -2.60. The molecule has 1 fully saturated rings. The van der Waals surface area contributed by atoms with Crippen LogP contribution in [0.4, 0.5) is 0 Å². The first-order chi connectivity index (χ1) is 14.7. The lowest BCUT2D eigenvalue weighted by molar-refractivity contribution is 0.0165. The summed E-state index contributed by atoms with van der Waals surface area (Å²) in [6, 6.07) is 19.8. The predicted molar refractivity (Wildman–Crippen MR) is 119 cm³/mol. The second-order valence-electron chi connectivity index (χ2n) is 7.29. The Balaban J connectivity index is 1.63. The van der Waals surface area contributed by atoms with Crippen LogP contribution >= 0.6 is 11.6 Å². The van der Waals surface area contributed by atoms with E-state index in [1.807, 2.05) is 6.07 Å². The van der Waals surface area contributed by atoms with Crippen molar-refractivity contribution in [3.05, 3.63) is 76.8 Å². The maximum absolute atomic E-state index is 13.0. The monoisotopic (exact) mass is 424 g/mol. The highest BCUT2D eigenvalue weighted by atomic mass is 35.5. The smallest absolute Gasteiger partial charge is 0.255 e. The molecule has 1 saturated heterocycles. The molecule has 0 bridgehead atoms. The van der Waals surface area contributed by atoms with Crippen LogP contribution in [0.1, 0.15) is 22.0 Å². The second-order valence-corrected chi connectivity index (χ2v) is 7.72. The number of hydrogen-bond donors (Lipinski definition) is 1. The molecule has 1 amide bonds. The molecule has 30 heavy (non-hydrogen) atoms. The zero-order valence-electron chi connectivity index (χ0n) is 16.9. The summed E-state index contributed by atoms with van der Waals surface area (Å²) in [7, 11) is 1.55. The molecule has 0 unspecified atom stereocenters. The molecule has 1 atom stereocenters. The van der Waals surface area contributed by atoms with Gasteiger partial charge < -0.3 is 14.8 Å². The molecular weight excluding hydrogens is 400 g/mol. The van der Waals surface area contributed by atoms with Crippen molar-refractivity contribution in [2.75, 3.05) is 40.0 Å². The van der Waals surface area contributed by atoms with Crippen molar-refractivity contribution in [1.82, 2.24) is 10.2 Å². The molecule has 3 aromatic carbocycles. The van der Waals surface area contributed by atoms with Crippen molar-refractivity contribution in [2.24, 2.45) is 0 Å². The van der Waals surface area contributed by atoms with Gasteiger partial charge in [-0.3, -0.25) is 9.69 Å². The van der Waals surface area contributed by atoms with E-state index in [0.29, 0.717) is 36.1 Å². The topological polar surface area (TPSA) is 50.8 Å². The van der Waals surface area contributed by atoms with E-state index in [2.05, 4.69) is 46.6 Å². The molecule has 156 valence electrons. The summed E-state index contributed by atoms with van der Waals surface area (Å²) in [5, 5.41) is 5.99. The average molecular weight is 425 g/mol. The summed E-state index contributed by atoms with van der Waals surface area (Å²) in [5.41, 5.74) is 1.64. The van der Waals surface area contributed by atoms with Gasteiger partial charge in [0, 0.05) is 24.7 Å². The number of amides is 1. The number of methoxy groups -OCH3 is 1. The number of ether oxygens (including phenoxy) is 2. The van der Waals surface area contributed by atoms with Crippen LogP contribution in [0.2, 0.25) is 5.02 Å². The molecule has 5 nitrogen and oxygen atoms in total. The normalized spacial score (nSPS) is 15.7. The third-order valence-electron chi connectivity index (χ3n) is 5.53. The van der Waals surface area contributed by atoms with Gasteiger partial charge in [0.1, 0.15) is 5.75 Å². The number of benzene rings is 3. The van der Waals surface area contributed by atoms with Crippen LogP contribution in [0.5, 0.6) is 5.75 Å². The van der Waals surface area contributed by atoms with E-state index in [1.165, 1.54) is 16.3 Å². The molecule has 0 aliphatic carbocycles. The van der Waals surface area contributed by atoms with Gasteiger partial charge in [-0.2, -0.15) is 0 Å². The molecule has 0 radical (unpaired) electrons. The van der Waals surface area contributed by atoms with Gasteiger partial charge in [0.05, 0.1) is 31.9 Å². The number of nitrogens with zero attached hydrogens (tertiary/aromatic N) is 1. The van der Waals surface area contributed by atoms with Crippen LogP contribution in [0.15, 0.2) is 60.7 Å². The first kappa shape index (κ1) is 20.7. The fourth-order valence-corrected chi connectivity index (χ4v) is 4.18. The molecule has 1 aliphatic heterocycles. The van der Waals surface area contributed by atoms with E-state index < -0.39 is 0 Å². The second kappa shape index (κ2) is 9.47. The minimum atomic E-state index is -0.201. The van der Waals surface area contributed by atoms with E-state index in [4.69, 9.17) is 21.1 Å². The largest absolute Gasteiger partial charge is 0.496 e. The number of morpholine rings is 1. The van der Waals surface area contributed by atoms with Gasteiger partial charge in [0.2, 0.25) is 0 Å². The molecule has 0 aromatic heterocycles. The molecule has 6 heteroatoms. The maximum Gasteiger partial charge on any atom is 0.255 e. The van der Waals surface area contributed by atoms with Gasteiger partial charge in [0.15, 0.2) is 0 Å². The van der Waals surface area contributed by atoms with Crippen molar-refractivity contribution in [2.45, 2.75) is 6.04 Å². The Morgan fingerprint density at radius 3 is 2.70 bits per heavy atom. The maximum atomic E-state index is 13.0. The third kappa shape index (κ3) is 4.43. The van der Waals surface area contributed by atoms with Gasteiger partial charge in [-0.25, -0.2) is 0 Å². The number of rotatable bonds is 6. The molecule has 0 spiro atoms. The fraction of sp³-hybridized carbons (Fsp3) is 0.292. The predicted octanol–water partition coefficient (Wildman–Crippen LogP) is 4.31. The lowest BCUT2D eigenvalue weighted by atomic mass is 9.97. The van der Waals surface area contributed by atoms with E-state index in [9.17, 15) is 4.79 Å². The van der Waals surface area contributed by atoms with E-state index >= 15 is 0 Å². The highest BCUT2D eigenvalue weighted by Gasteiger charge is 2.25. The Labute approximate surface area is 181 Å². The standard InChI is InChI=1S/C24H25ClN2O3/c1-29-23-10-9-18(25)15-21(23)24(28)26-16-22(27-11-13-30-14-12-27)20-8-4-6-17-5-2-3-7-19(17)20/h2-10,15,22H,11-14,16H2,1H3,(H,26,28)/t22-/m1/s1. The summed E-state index contributed by atoms with van der Waals surface area (Å²) >= 11 is 6.11. The Morgan fingerprint density at radius 2 is 1.90 bits per heavy atom.